The number of aliphatic imine (C=N–C) groups is 1. The van der Waals surface area contributed by atoms with Crippen LogP contribution in [0, 0.1) is 5.92 Å². The fraction of sp³-hybridized carbons (Fsp3) is 0.579. The maximum atomic E-state index is 11.1. The molecule has 1 heterocycles. The average molecular weight is 361 g/mol. The molecule has 0 aliphatic carbocycles. The number of nitrogens with two attached hydrogens (primary N) is 1. The van der Waals surface area contributed by atoms with Crippen LogP contribution in [-0.4, -0.2) is 62.7 Å². The van der Waals surface area contributed by atoms with E-state index in [-0.39, 0.29) is 6.10 Å². The van der Waals surface area contributed by atoms with Crippen molar-refractivity contribution in [3.8, 4) is 0 Å². The van der Waals surface area contributed by atoms with Crippen LogP contribution in [0.3, 0.4) is 0 Å². The van der Waals surface area contributed by atoms with E-state index in [4.69, 9.17) is 10.5 Å². The van der Waals surface area contributed by atoms with Crippen molar-refractivity contribution in [2.45, 2.75) is 26.5 Å². The molecule has 1 amide bonds. The number of amides is 1. The van der Waals surface area contributed by atoms with Crippen molar-refractivity contribution >= 4 is 11.9 Å². The molecule has 4 N–H and O–H groups in total. The second-order valence-corrected chi connectivity index (χ2v) is 7.01. The molecule has 1 atom stereocenters. The molecular formula is C19H31N5O2. The zero-order chi connectivity index (χ0) is 18.9. The SMILES string of the molecule is CN=C(NCc1ccc(C(N)=O)cc1)NCC1CN(CC(C)C)CCO1. The van der Waals surface area contributed by atoms with Crippen molar-refractivity contribution in [3.05, 3.63) is 35.4 Å². The maximum Gasteiger partial charge on any atom is 0.248 e. The molecule has 1 unspecified atom stereocenters. The van der Waals surface area contributed by atoms with Gasteiger partial charge in [0, 0.05) is 45.3 Å². The number of guanidine groups is 1. The van der Waals surface area contributed by atoms with Gasteiger partial charge in [-0.1, -0.05) is 26.0 Å². The maximum absolute atomic E-state index is 11.1. The molecule has 1 aliphatic rings. The molecule has 1 aliphatic heterocycles. The third-order valence-corrected chi connectivity index (χ3v) is 4.27. The Bertz CT molecular complexity index is 600. The van der Waals surface area contributed by atoms with E-state index in [1.165, 1.54) is 0 Å². The summed E-state index contributed by atoms with van der Waals surface area (Å²) in [6.45, 7) is 9.64. The zero-order valence-electron chi connectivity index (χ0n) is 16.0. The van der Waals surface area contributed by atoms with Crippen molar-refractivity contribution in [1.29, 1.82) is 0 Å². The van der Waals surface area contributed by atoms with Crippen LogP contribution in [0.5, 0.6) is 0 Å². The van der Waals surface area contributed by atoms with E-state index in [9.17, 15) is 4.79 Å². The summed E-state index contributed by atoms with van der Waals surface area (Å²) in [6.07, 6.45) is 0.163. The van der Waals surface area contributed by atoms with Crippen molar-refractivity contribution in [1.82, 2.24) is 15.5 Å². The molecule has 1 saturated heterocycles. The van der Waals surface area contributed by atoms with Gasteiger partial charge in [0.2, 0.25) is 5.91 Å². The largest absolute Gasteiger partial charge is 0.374 e. The summed E-state index contributed by atoms with van der Waals surface area (Å²) in [5.74, 6) is 0.978. The number of morpholine rings is 1. The van der Waals surface area contributed by atoms with E-state index in [1.807, 2.05) is 12.1 Å². The number of hydrogen-bond acceptors (Lipinski definition) is 4. The highest BCUT2D eigenvalue weighted by Crippen LogP contribution is 2.07. The number of nitrogens with zero attached hydrogens (tertiary/aromatic N) is 2. The van der Waals surface area contributed by atoms with Crippen LogP contribution < -0.4 is 16.4 Å². The minimum absolute atomic E-state index is 0.163. The Balaban J connectivity index is 1.76. The molecule has 0 bridgehead atoms. The van der Waals surface area contributed by atoms with Crippen LogP contribution in [0.2, 0.25) is 0 Å². The van der Waals surface area contributed by atoms with E-state index < -0.39 is 5.91 Å². The number of benzene rings is 1. The van der Waals surface area contributed by atoms with Crippen LogP contribution in [-0.2, 0) is 11.3 Å². The minimum atomic E-state index is -0.416. The highest BCUT2D eigenvalue weighted by atomic mass is 16.5. The monoisotopic (exact) mass is 361 g/mol. The fourth-order valence-corrected chi connectivity index (χ4v) is 2.99. The Morgan fingerprint density at radius 2 is 2.08 bits per heavy atom. The van der Waals surface area contributed by atoms with Crippen molar-refractivity contribution < 1.29 is 9.53 Å². The number of hydrogen-bond donors (Lipinski definition) is 3. The van der Waals surface area contributed by atoms with Gasteiger partial charge in [-0.05, 0) is 23.6 Å². The first kappa shape index (κ1) is 20.2. The van der Waals surface area contributed by atoms with Gasteiger partial charge in [-0.25, -0.2) is 0 Å². The number of carbonyl (C=O) groups excluding carboxylic acids is 1. The molecule has 0 aromatic heterocycles. The lowest BCUT2D eigenvalue weighted by Gasteiger charge is -2.34. The number of nitrogens with one attached hydrogen (secondary N) is 2. The van der Waals surface area contributed by atoms with Gasteiger partial charge in [-0.3, -0.25) is 14.7 Å². The lowest BCUT2D eigenvalue weighted by Crippen LogP contribution is -2.50. The predicted molar refractivity (Wildman–Crippen MR) is 104 cm³/mol. The summed E-state index contributed by atoms with van der Waals surface area (Å²) in [6, 6.07) is 7.23. The van der Waals surface area contributed by atoms with E-state index in [1.54, 1.807) is 19.2 Å². The number of rotatable bonds is 7. The van der Waals surface area contributed by atoms with Gasteiger partial charge in [0.15, 0.2) is 5.96 Å². The third-order valence-electron chi connectivity index (χ3n) is 4.27. The molecule has 7 nitrogen and oxygen atoms in total. The highest BCUT2D eigenvalue weighted by Gasteiger charge is 2.21. The second-order valence-electron chi connectivity index (χ2n) is 7.01. The standard InChI is InChI=1S/C19H31N5O2/c1-14(2)12-24-8-9-26-17(13-24)11-23-19(21-3)22-10-15-4-6-16(7-5-15)18(20)25/h4-7,14,17H,8-13H2,1-3H3,(H2,20,25)(H2,21,22,23). The second kappa shape index (κ2) is 10.1. The third kappa shape index (κ3) is 6.65. The van der Waals surface area contributed by atoms with Crippen LogP contribution in [0.25, 0.3) is 0 Å². The first-order chi connectivity index (χ1) is 12.5. The van der Waals surface area contributed by atoms with Gasteiger partial charge >= 0.3 is 0 Å². The number of ether oxygens (including phenoxy) is 1. The summed E-state index contributed by atoms with van der Waals surface area (Å²) in [4.78, 5) is 17.8. The molecule has 144 valence electrons. The van der Waals surface area contributed by atoms with Crippen LogP contribution in [0.4, 0.5) is 0 Å². The first-order valence-corrected chi connectivity index (χ1v) is 9.15. The zero-order valence-corrected chi connectivity index (χ0v) is 16.0. The Kier molecular flexibility index (Phi) is 7.87. The Labute approximate surface area is 156 Å². The molecule has 2 rings (SSSR count). The normalized spacial score (nSPS) is 18.8. The van der Waals surface area contributed by atoms with Gasteiger partial charge < -0.3 is 21.1 Å². The molecule has 1 aromatic carbocycles. The summed E-state index contributed by atoms with van der Waals surface area (Å²) in [5, 5.41) is 6.60. The summed E-state index contributed by atoms with van der Waals surface area (Å²) >= 11 is 0. The molecule has 26 heavy (non-hydrogen) atoms. The van der Waals surface area contributed by atoms with Gasteiger partial charge in [-0.15, -0.1) is 0 Å². The topological polar surface area (TPSA) is 92.0 Å². The molecular weight excluding hydrogens is 330 g/mol. The van der Waals surface area contributed by atoms with E-state index in [2.05, 4.69) is 34.4 Å². The fourth-order valence-electron chi connectivity index (χ4n) is 2.99. The smallest absolute Gasteiger partial charge is 0.248 e. The van der Waals surface area contributed by atoms with E-state index >= 15 is 0 Å². The van der Waals surface area contributed by atoms with Crippen molar-refractivity contribution in [2.24, 2.45) is 16.6 Å². The molecule has 1 fully saturated rings. The Morgan fingerprint density at radius 1 is 1.35 bits per heavy atom. The van der Waals surface area contributed by atoms with Gasteiger partial charge in [0.1, 0.15) is 0 Å². The van der Waals surface area contributed by atoms with Gasteiger partial charge in [0.05, 0.1) is 12.7 Å². The van der Waals surface area contributed by atoms with Crippen LogP contribution in [0.1, 0.15) is 29.8 Å². The Hall–Kier alpha value is -2.12. The molecule has 0 spiro atoms. The molecule has 0 radical (unpaired) electrons. The average Bonchev–Trinajstić information content (AvgIpc) is 2.62. The van der Waals surface area contributed by atoms with Gasteiger partial charge in [-0.2, -0.15) is 0 Å². The predicted octanol–water partition coefficient (Wildman–Crippen LogP) is 0.807. The highest BCUT2D eigenvalue weighted by molar-refractivity contribution is 5.92. The van der Waals surface area contributed by atoms with Crippen LogP contribution in [0.15, 0.2) is 29.3 Å². The lowest BCUT2D eigenvalue weighted by atomic mass is 10.1. The van der Waals surface area contributed by atoms with Crippen molar-refractivity contribution in [3.63, 3.8) is 0 Å². The molecule has 1 aromatic rings. The van der Waals surface area contributed by atoms with Crippen LogP contribution >= 0.6 is 0 Å². The number of primary amides is 1. The van der Waals surface area contributed by atoms with E-state index in [0.717, 1.165) is 44.3 Å². The molecule has 0 saturated carbocycles. The Morgan fingerprint density at radius 3 is 2.69 bits per heavy atom. The summed E-state index contributed by atoms with van der Waals surface area (Å²) in [5.41, 5.74) is 6.82. The van der Waals surface area contributed by atoms with E-state index in [0.29, 0.717) is 18.0 Å². The first-order valence-electron chi connectivity index (χ1n) is 9.15. The quantitative estimate of drug-likeness (QED) is 0.494. The van der Waals surface area contributed by atoms with Gasteiger partial charge in [0.25, 0.3) is 0 Å². The summed E-state index contributed by atoms with van der Waals surface area (Å²) < 4.78 is 5.85. The number of carbonyl (C=O) groups is 1. The lowest BCUT2D eigenvalue weighted by molar-refractivity contribution is -0.0284. The van der Waals surface area contributed by atoms with Crippen molar-refractivity contribution in [2.75, 3.05) is 39.8 Å². The minimum Gasteiger partial charge on any atom is -0.374 e. The summed E-state index contributed by atoms with van der Waals surface area (Å²) in [7, 11) is 1.75. The molecule has 7 heteroatoms.